The van der Waals surface area contributed by atoms with Crippen LogP contribution in [0.25, 0.3) is 0 Å². The Morgan fingerprint density at radius 3 is 2.95 bits per heavy atom. The lowest BCUT2D eigenvalue weighted by Gasteiger charge is -2.47. The average Bonchev–Trinajstić information content (AvgIpc) is 3.27. The van der Waals surface area contributed by atoms with Crippen LogP contribution in [0.1, 0.15) is 49.7 Å². The predicted molar refractivity (Wildman–Crippen MR) is 82.8 cm³/mol. The van der Waals surface area contributed by atoms with Gasteiger partial charge in [-0.15, -0.1) is 0 Å². The second kappa shape index (κ2) is 4.15. The first-order valence-electron chi connectivity index (χ1n) is 8.45. The first kappa shape index (κ1) is 13.1. The molecule has 0 spiro atoms. The van der Waals surface area contributed by atoms with Crippen molar-refractivity contribution in [2.24, 2.45) is 5.41 Å². The Morgan fingerprint density at radius 2 is 2.09 bits per heavy atom. The molecule has 1 saturated heterocycles. The van der Waals surface area contributed by atoms with Crippen LogP contribution in [0.4, 0.5) is 0 Å². The summed E-state index contributed by atoms with van der Waals surface area (Å²) in [5.74, 6) is 0.458. The van der Waals surface area contributed by atoms with Crippen molar-refractivity contribution in [1.29, 1.82) is 0 Å². The van der Waals surface area contributed by atoms with Crippen molar-refractivity contribution in [3.8, 4) is 5.75 Å². The highest BCUT2D eigenvalue weighted by atomic mass is 16.6. The van der Waals surface area contributed by atoms with Gasteiger partial charge >= 0.3 is 0 Å². The molecule has 1 heterocycles. The van der Waals surface area contributed by atoms with Gasteiger partial charge in [0.15, 0.2) is 0 Å². The number of hydrogen-bond acceptors (Lipinski definition) is 3. The molecule has 1 aromatic rings. The van der Waals surface area contributed by atoms with Gasteiger partial charge in [-0.2, -0.15) is 0 Å². The molecular weight excluding hydrogens is 276 g/mol. The van der Waals surface area contributed by atoms with Crippen molar-refractivity contribution in [2.75, 3.05) is 0 Å². The van der Waals surface area contributed by atoms with Crippen molar-refractivity contribution in [2.45, 2.75) is 63.3 Å². The predicted octanol–water partition coefficient (Wildman–Crippen LogP) is 3.05. The SMILES string of the molecule is CC12C[C@H](O)C3C(=C1CCC1OC12)CCc1cc(O)ccc13. The third kappa shape index (κ3) is 1.59. The van der Waals surface area contributed by atoms with E-state index >= 15 is 0 Å². The van der Waals surface area contributed by atoms with Gasteiger partial charge in [0.25, 0.3) is 0 Å². The highest BCUT2D eigenvalue weighted by Gasteiger charge is 2.60. The number of rotatable bonds is 0. The average molecular weight is 298 g/mol. The van der Waals surface area contributed by atoms with E-state index in [9.17, 15) is 10.2 Å². The molecular formula is C19H22O3. The molecule has 1 aliphatic heterocycles. The fourth-order valence-corrected chi connectivity index (χ4v) is 5.49. The van der Waals surface area contributed by atoms with Gasteiger partial charge in [-0.05, 0) is 55.4 Å². The molecule has 0 bridgehead atoms. The van der Waals surface area contributed by atoms with E-state index in [1.54, 1.807) is 11.6 Å². The quantitative estimate of drug-likeness (QED) is 0.572. The van der Waals surface area contributed by atoms with Crippen molar-refractivity contribution >= 4 is 0 Å². The zero-order chi connectivity index (χ0) is 15.1. The number of hydrogen-bond donors (Lipinski definition) is 2. The summed E-state index contributed by atoms with van der Waals surface area (Å²) in [6, 6.07) is 5.65. The highest BCUT2D eigenvalue weighted by Crippen LogP contribution is 2.61. The lowest BCUT2D eigenvalue weighted by atomic mass is 9.57. The van der Waals surface area contributed by atoms with E-state index in [0.29, 0.717) is 18.0 Å². The maximum Gasteiger partial charge on any atom is 0.115 e. The zero-order valence-corrected chi connectivity index (χ0v) is 12.9. The molecule has 4 unspecified atom stereocenters. The van der Waals surface area contributed by atoms with E-state index in [1.165, 1.54) is 16.7 Å². The van der Waals surface area contributed by atoms with Crippen LogP contribution in [0.15, 0.2) is 29.3 Å². The van der Waals surface area contributed by atoms with Crippen LogP contribution < -0.4 is 0 Å². The van der Waals surface area contributed by atoms with Crippen LogP contribution in [0, 0.1) is 5.41 Å². The van der Waals surface area contributed by atoms with Crippen molar-refractivity contribution in [3.05, 3.63) is 40.5 Å². The van der Waals surface area contributed by atoms with Gasteiger partial charge in [-0.25, -0.2) is 0 Å². The van der Waals surface area contributed by atoms with Crippen LogP contribution in [0.3, 0.4) is 0 Å². The summed E-state index contributed by atoms with van der Waals surface area (Å²) in [6.45, 7) is 2.30. The van der Waals surface area contributed by atoms with Gasteiger partial charge in [0.1, 0.15) is 5.75 Å². The number of ether oxygens (including phenoxy) is 1. The summed E-state index contributed by atoms with van der Waals surface area (Å²) >= 11 is 0. The Labute approximate surface area is 130 Å². The van der Waals surface area contributed by atoms with Crippen LogP contribution >= 0.6 is 0 Å². The fourth-order valence-electron chi connectivity index (χ4n) is 5.49. The summed E-state index contributed by atoms with van der Waals surface area (Å²) in [7, 11) is 0. The third-order valence-corrected chi connectivity index (χ3v) is 6.48. The van der Waals surface area contributed by atoms with Crippen LogP contribution in [-0.2, 0) is 11.2 Å². The molecule has 0 aromatic heterocycles. The molecule has 0 amide bonds. The minimum Gasteiger partial charge on any atom is -0.508 e. The highest BCUT2D eigenvalue weighted by molar-refractivity contribution is 5.49. The monoisotopic (exact) mass is 298 g/mol. The van der Waals surface area contributed by atoms with E-state index in [-0.39, 0.29) is 17.4 Å². The Morgan fingerprint density at radius 1 is 1.23 bits per heavy atom. The number of phenols is 1. The number of aromatic hydroxyl groups is 1. The van der Waals surface area contributed by atoms with E-state index < -0.39 is 0 Å². The number of aliphatic hydroxyl groups excluding tert-OH is 1. The summed E-state index contributed by atoms with van der Waals surface area (Å²) in [5, 5.41) is 20.6. The topological polar surface area (TPSA) is 53.0 Å². The number of epoxide rings is 1. The molecule has 2 N–H and O–H groups in total. The zero-order valence-electron chi connectivity index (χ0n) is 12.9. The van der Waals surface area contributed by atoms with Crippen molar-refractivity contribution in [1.82, 2.24) is 0 Å². The fraction of sp³-hybridized carbons (Fsp3) is 0.579. The molecule has 22 heavy (non-hydrogen) atoms. The summed E-state index contributed by atoms with van der Waals surface area (Å²) in [5.41, 5.74) is 5.50. The van der Waals surface area contributed by atoms with Crippen LogP contribution in [-0.4, -0.2) is 28.5 Å². The summed E-state index contributed by atoms with van der Waals surface area (Å²) in [4.78, 5) is 0. The molecule has 3 aliphatic carbocycles. The van der Waals surface area contributed by atoms with Gasteiger partial charge in [0, 0.05) is 11.3 Å². The minimum atomic E-state index is -0.338. The molecule has 0 radical (unpaired) electrons. The van der Waals surface area contributed by atoms with E-state index in [0.717, 1.165) is 32.1 Å². The molecule has 2 fully saturated rings. The minimum absolute atomic E-state index is 0.0442. The van der Waals surface area contributed by atoms with Crippen molar-refractivity contribution in [3.63, 3.8) is 0 Å². The van der Waals surface area contributed by atoms with Gasteiger partial charge in [-0.3, -0.25) is 0 Å². The van der Waals surface area contributed by atoms with E-state index in [4.69, 9.17) is 4.74 Å². The van der Waals surface area contributed by atoms with E-state index in [1.807, 2.05) is 12.1 Å². The molecule has 1 aromatic carbocycles. The maximum absolute atomic E-state index is 10.9. The lowest BCUT2D eigenvalue weighted by molar-refractivity contribution is 0.0706. The van der Waals surface area contributed by atoms with Gasteiger partial charge in [-0.1, -0.05) is 24.1 Å². The standard InChI is InChI=1S/C19H22O3/c1-19-9-15(21)17-12-5-3-11(20)8-10(12)2-4-13(17)14(19)6-7-16-18(19)22-16/h3,5,8,15-18,20-21H,2,4,6-7,9H2,1H3/t15-,16?,17?,18?,19?/m0/s1. The van der Waals surface area contributed by atoms with Crippen molar-refractivity contribution < 1.29 is 14.9 Å². The number of phenolic OH excluding ortho intramolecular Hbond substituents is 1. The maximum atomic E-state index is 10.9. The molecule has 1 saturated carbocycles. The summed E-state index contributed by atoms with van der Waals surface area (Å²) in [6.07, 6.45) is 5.49. The Kier molecular flexibility index (Phi) is 2.48. The second-order valence-corrected chi connectivity index (χ2v) is 7.69. The first-order chi connectivity index (χ1) is 10.6. The molecule has 4 aliphatic rings. The molecule has 3 heteroatoms. The van der Waals surface area contributed by atoms with Gasteiger partial charge < -0.3 is 14.9 Å². The second-order valence-electron chi connectivity index (χ2n) is 7.69. The molecule has 3 nitrogen and oxygen atoms in total. The number of aryl methyl sites for hydroxylation is 1. The Hall–Kier alpha value is -1.32. The van der Waals surface area contributed by atoms with Crippen LogP contribution in [0.2, 0.25) is 0 Å². The normalized spacial score (nSPS) is 42.1. The Balaban J connectivity index is 1.67. The van der Waals surface area contributed by atoms with E-state index in [2.05, 4.69) is 6.92 Å². The molecule has 5 rings (SSSR count). The first-order valence-corrected chi connectivity index (χ1v) is 8.45. The lowest BCUT2D eigenvalue weighted by Crippen LogP contribution is -2.43. The molecule has 116 valence electrons. The number of fused-ring (bicyclic) bond motifs is 6. The molecule has 5 atom stereocenters. The number of aliphatic hydroxyl groups is 1. The largest absolute Gasteiger partial charge is 0.508 e. The third-order valence-electron chi connectivity index (χ3n) is 6.48. The van der Waals surface area contributed by atoms with Crippen LogP contribution in [0.5, 0.6) is 5.75 Å². The number of benzene rings is 1. The smallest absolute Gasteiger partial charge is 0.115 e. The van der Waals surface area contributed by atoms with Gasteiger partial charge in [0.05, 0.1) is 18.3 Å². The summed E-state index contributed by atoms with van der Waals surface area (Å²) < 4.78 is 5.89. The van der Waals surface area contributed by atoms with Gasteiger partial charge in [0.2, 0.25) is 0 Å². The Bertz CT molecular complexity index is 692.